The molecule has 6 nitrogen and oxygen atoms in total. The second kappa shape index (κ2) is 67.4. The van der Waals surface area contributed by atoms with Crippen LogP contribution in [-0.4, -0.2) is 37.2 Å². The van der Waals surface area contributed by atoms with E-state index >= 15 is 0 Å². The highest BCUT2D eigenvalue weighted by Gasteiger charge is 2.19. The topological polar surface area (TPSA) is 78.9 Å². The fourth-order valence-corrected chi connectivity index (χ4v) is 10.0. The minimum Gasteiger partial charge on any atom is -0.462 e. The largest absolute Gasteiger partial charge is 0.462 e. The third-order valence-corrected chi connectivity index (χ3v) is 15.2. The van der Waals surface area contributed by atoms with Gasteiger partial charge in [0.25, 0.3) is 0 Å². The summed E-state index contributed by atoms with van der Waals surface area (Å²) in [5.41, 5.74) is 0. The Kier molecular flexibility index (Phi) is 64.7. The maximum Gasteiger partial charge on any atom is 0.306 e. The van der Waals surface area contributed by atoms with E-state index < -0.39 is 6.10 Å². The van der Waals surface area contributed by atoms with Gasteiger partial charge in [0, 0.05) is 19.3 Å². The first-order valence-corrected chi connectivity index (χ1v) is 34.4. The first-order valence-electron chi connectivity index (χ1n) is 34.4. The molecule has 0 aliphatic heterocycles. The molecule has 0 heterocycles. The van der Waals surface area contributed by atoms with Crippen molar-refractivity contribution >= 4 is 17.9 Å². The van der Waals surface area contributed by atoms with Gasteiger partial charge in [-0.3, -0.25) is 14.4 Å². The van der Waals surface area contributed by atoms with Crippen LogP contribution >= 0.6 is 0 Å². The van der Waals surface area contributed by atoms with Crippen LogP contribution in [0.2, 0.25) is 0 Å². The zero-order valence-corrected chi connectivity index (χ0v) is 52.6. The molecule has 0 radical (unpaired) electrons. The number of hydrogen-bond acceptors (Lipinski definition) is 6. The molecule has 1 unspecified atom stereocenters. The van der Waals surface area contributed by atoms with Crippen LogP contribution in [0.3, 0.4) is 0 Å². The quantitative estimate of drug-likeness (QED) is 0.0261. The minimum absolute atomic E-state index is 0.0831. The Bertz CT molecular complexity index is 1450. The summed E-state index contributed by atoms with van der Waals surface area (Å²) in [6, 6.07) is 0. The van der Waals surface area contributed by atoms with Gasteiger partial charge in [-0.2, -0.15) is 0 Å². The molecule has 6 heteroatoms. The van der Waals surface area contributed by atoms with Crippen molar-refractivity contribution < 1.29 is 28.6 Å². The third kappa shape index (κ3) is 65.5. The van der Waals surface area contributed by atoms with E-state index in [2.05, 4.69) is 93.7 Å². The average molecular weight is 1100 g/mol. The molecule has 0 amide bonds. The van der Waals surface area contributed by atoms with Crippen molar-refractivity contribution in [1.29, 1.82) is 0 Å². The van der Waals surface area contributed by atoms with Gasteiger partial charge in [0.15, 0.2) is 6.10 Å². The van der Waals surface area contributed by atoms with Crippen LogP contribution < -0.4 is 0 Å². The molecule has 0 aromatic rings. The Balaban J connectivity index is 4.25. The van der Waals surface area contributed by atoms with Crippen LogP contribution in [0.4, 0.5) is 0 Å². The van der Waals surface area contributed by atoms with E-state index in [0.29, 0.717) is 19.3 Å². The first-order chi connectivity index (χ1) is 39.0. The van der Waals surface area contributed by atoms with Gasteiger partial charge in [0.2, 0.25) is 0 Å². The predicted molar refractivity (Wildman–Crippen MR) is 344 cm³/mol. The molecule has 0 bridgehead atoms. The Morgan fingerprint density at radius 3 is 0.810 bits per heavy atom. The fourth-order valence-electron chi connectivity index (χ4n) is 10.0. The first kappa shape index (κ1) is 75.8. The molecule has 1 atom stereocenters. The Morgan fingerprint density at radius 1 is 0.266 bits per heavy atom. The molecule has 0 saturated carbocycles. The molecule has 0 fully saturated rings. The number of allylic oxidation sites excluding steroid dienone is 12. The maximum absolute atomic E-state index is 12.9. The lowest BCUT2D eigenvalue weighted by molar-refractivity contribution is -0.167. The molecule has 0 aliphatic carbocycles. The number of carbonyl (C=O) groups excluding carboxylic acids is 3. The average Bonchev–Trinajstić information content (AvgIpc) is 3.45. The Labute approximate surface area is 491 Å². The molecule has 0 N–H and O–H groups in total. The lowest BCUT2D eigenvalue weighted by atomic mass is 10.0. The summed E-state index contributed by atoms with van der Waals surface area (Å²) in [5.74, 6) is -0.894. The van der Waals surface area contributed by atoms with Crippen LogP contribution in [0, 0.1) is 0 Å². The van der Waals surface area contributed by atoms with Gasteiger partial charge in [-0.25, -0.2) is 0 Å². The van der Waals surface area contributed by atoms with Crippen molar-refractivity contribution in [2.24, 2.45) is 0 Å². The van der Waals surface area contributed by atoms with Crippen molar-refractivity contribution in [3.63, 3.8) is 0 Å². The van der Waals surface area contributed by atoms with Gasteiger partial charge in [0.1, 0.15) is 13.2 Å². The summed E-state index contributed by atoms with van der Waals surface area (Å²) in [5, 5.41) is 0. The van der Waals surface area contributed by atoms with Gasteiger partial charge in [-0.1, -0.05) is 325 Å². The fraction of sp³-hybridized carbons (Fsp3) is 0.795. The Morgan fingerprint density at radius 2 is 0.506 bits per heavy atom. The Hall–Kier alpha value is -3.15. The number of unbranched alkanes of at least 4 members (excludes halogenated alkanes) is 40. The van der Waals surface area contributed by atoms with Crippen LogP contribution in [-0.2, 0) is 28.6 Å². The van der Waals surface area contributed by atoms with Gasteiger partial charge >= 0.3 is 17.9 Å². The molecular weight excluding hydrogens is 973 g/mol. The smallest absolute Gasteiger partial charge is 0.306 e. The van der Waals surface area contributed by atoms with Crippen molar-refractivity contribution in [2.45, 2.75) is 361 Å². The second-order valence-electron chi connectivity index (χ2n) is 23.1. The van der Waals surface area contributed by atoms with E-state index in [0.717, 1.165) is 116 Å². The van der Waals surface area contributed by atoms with Crippen LogP contribution in [0.1, 0.15) is 355 Å². The summed E-state index contributed by atoms with van der Waals surface area (Å²) in [6.45, 7) is 6.51. The highest BCUT2D eigenvalue weighted by atomic mass is 16.6. The van der Waals surface area contributed by atoms with E-state index in [1.165, 1.54) is 199 Å². The molecule has 458 valence electrons. The lowest BCUT2D eigenvalue weighted by Gasteiger charge is -2.18. The molecule has 0 rings (SSSR count). The predicted octanol–water partition coefficient (Wildman–Crippen LogP) is 23.7. The van der Waals surface area contributed by atoms with Crippen molar-refractivity contribution in [3.8, 4) is 0 Å². The highest BCUT2D eigenvalue weighted by molar-refractivity contribution is 5.71. The third-order valence-electron chi connectivity index (χ3n) is 15.2. The molecule has 0 saturated heterocycles. The summed E-state index contributed by atoms with van der Waals surface area (Å²) in [4.78, 5) is 38.4. The van der Waals surface area contributed by atoms with Gasteiger partial charge in [0.05, 0.1) is 0 Å². The summed E-state index contributed by atoms with van der Waals surface area (Å²) in [6.07, 6.45) is 87.9. The summed E-state index contributed by atoms with van der Waals surface area (Å²) < 4.78 is 16.9. The molecule has 79 heavy (non-hydrogen) atoms. The highest BCUT2D eigenvalue weighted by Crippen LogP contribution is 2.18. The van der Waals surface area contributed by atoms with E-state index in [4.69, 9.17) is 14.2 Å². The monoisotopic (exact) mass is 1100 g/mol. The maximum atomic E-state index is 12.9. The van der Waals surface area contributed by atoms with E-state index in [1.54, 1.807) is 0 Å². The second-order valence-corrected chi connectivity index (χ2v) is 23.1. The van der Waals surface area contributed by atoms with Crippen molar-refractivity contribution in [1.82, 2.24) is 0 Å². The number of carbonyl (C=O) groups is 3. The van der Waals surface area contributed by atoms with E-state index in [-0.39, 0.29) is 31.1 Å². The molecule has 0 spiro atoms. The molecule has 0 aromatic carbocycles. The minimum atomic E-state index is -0.790. The normalized spacial score (nSPS) is 12.5. The molecular formula is C73H130O6. The number of hydrogen-bond donors (Lipinski definition) is 0. The van der Waals surface area contributed by atoms with Crippen molar-refractivity contribution in [3.05, 3.63) is 72.9 Å². The molecule has 0 aromatic heterocycles. The van der Waals surface area contributed by atoms with E-state index in [1.807, 2.05) is 0 Å². The van der Waals surface area contributed by atoms with Crippen molar-refractivity contribution in [2.75, 3.05) is 13.2 Å². The van der Waals surface area contributed by atoms with Gasteiger partial charge < -0.3 is 14.2 Å². The summed E-state index contributed by atoms with van der Waals surface area (Å²) >= 11 is 0. The molecule has 0 aliphatic rings. The van der Waals surface area contributed by atoms with Crippen LogP contribution in [0.5, 0.6) is 0 Å². The summed E-state index contributed by atoms with van der Waals surface area (Å²) in [7, 11) is 0. The zero-order valence-electron chi connectivity index (χ0n) is 52.6. The van der Waals surface area contributed by atoms with Crippen LogP contribution in [0.25, 0.3) is 0 Å². The van der Waals surface area contributed by atoms with E-state index in [9.17, 15) is 14.4 Å². The SMILES string of the molecule is CC/C=C\C/C=C\C/C=C\C/C=C\CCCCCCCCC(=O)OC(COC(=O)CCCCCCC/C=C\C/C=C\CCCC)COC(=O)CCCCCCCCCCCCCCCCCCCCCCCCCCCCCC. The van der Waals surface area contributed by atoms with Crippen LogP contribution in [0.15, 0.2) is 72.9 Å². The number of ether oxygens (including phenoxy) is 3. The van der Waals surface area contributed by atoms with Gasteiger partial charge in [-0.15, -0.1) is 0 Å². The number of esters is 3. The zero-order chi connectivity index (χ0) is 57.1. The van der Waals surface area contributed by atoms with Gasteiger partial charge in [-0.05, 0) is 83.5 Å². The lowest BCUT2D eigenvalue weighted by Crippen LogP contribution is -2.30. The number of rotatable bonds is 63. The standard InChI is InChI=1S/C73H130O6/c1-4-7-10-13-16-19-22-25-28-30-32-33-34-35-36-37-38-39-40-42-43-45-48-51-54-57-60-63-66-72(75)78-69-70(68-77-71(74)65-62-59-56-53-50-47-27-24-21-18-15-12-9-6-3)79-73(76)67-64-61-58-55-52-49-46-44-41-31-29-26-23-20-17-14-11-8-5-2/h8,11,15,17-18,20,24,26-27,29,41,44,70H,4-7,9-10,12-14,16,19,21-23,25,28,30-40,42-43,45-69H2,1-3H3/b11-8-,18-15-,20-17-,27-24-,29-26-,44-41-.